The van der Waals surface area contributed by atoms with Gasteiger partial charge in [-0.25, -0.2) is 0 Å². The van der Waals surface area contributed by atoms with E-state index in [1.54, 1.807) is 0 Å². The number of rotatable bonds is 11. The largest absolute Gasteiger partial charge is 0.377 e. The molecule has 2 aromatic rings. The lowest BCUT2D eigenvalue weighted by Gasteiger charge is -2.34. The SMILES string of the molecule is CCN(CC)CCOC1CCN(CCN(c2ccccc2)c2ccccc2)CC1. The molecular formula is C25H37N3O. The van der Waals surface area contributed by atoms with Gasteiger partial charge in [-0.3, -0.25) is 0 Å². The lowest BCUT2D eigenvalue weighted by atomic mass is 10.1. The van der Waals surface area contributed by atoms with Crippen molar-refractivity contribution >= 4 is 11.4 Å². The summed E-state index contributed by atoms with van der Waals surface area (Å²) in [5.74, 6) is 0. The van der Waals surface area contributed by atoms with Crippen molar-refractivity contribution in [2.45, 2.75) is 32.8 Å². The number of hydrogen-bond donors (Lipinski definition) is 0. The van der Waals surface area contributed by atoms with Gasteiger partial charge in [0.1, 0.15) is 0 Å². The first-order valence-corrected chi connectivity index (χ1v) is 11.2. The van der Waals surface area contributed by atoms with Crippen LogP contribution in [0.25, 0.3) is 0 Å². The van der Waals surface area contributed by atoms with E-state index in [1.165, 1.54) is 11.4 Å². The Bertz CT molecular complexity index is 627. The van der Waals surface area contributed by atoms with Crippen LogP contribution in [0.15, 0.2) is 60.7 Å². The van der Waals surface area contributed by atoms with Crippen molar-refractivity contribution in [2.24, 2.45) is 0 Å². The molecule has 0 atom stereocenters. The molecule has 4 nitrogen and oxygen atoms in total. The molecule has 0 N–H and O–H groups in total. The summed E-state index contributed by atoms with van der Waals surface area (Å²) in [6.45, 7) is 12.9. The maximum atomic E-state index is 6.15. The second kappa shape index (κ2) is 12.0. The molecule has 3 rings (SSSR count). The highest BCUT2D eigenvalue weighted by Gasteiger charge is 2.20. The van der Waals surface area contributed by atoms with Gasteiger partial charge in [0.25, 0.3) is 0 Å². The van der Waals surface area contributed by atoms with Crippen LogP contribution in [0.2, 0.25) is 0 Å². The van der Waals surface area contributed by atoms with Crippen molar-refractivity contribution in [3.63, 3.8) is 0 Å². The van der Waals surface area contributed by atoms with Crippen LogP contribution in [0.5, 0.6) is 0 Å². The summed E-state index contributed by atoms with van der Waals surface area (Å²) >= 11 is 0. The first kappa shape index (κ1) is 21.8. The summed E-state index contributed by atoms with van der Waals surface area (Å²) in [5, 5.41) is 0. The Kier molecular flexibility index (Phi) is 9.00. The summed E-state index contributed by atoms with van der Waals surface area (Å²) < 4.78 is 6.15. The number of anilines is 2. The molecule has 0 saturated carbocycles. The van der Waals surface area contributed by atoms with Crippen molar-refractivity contribution in [3.8, 4) is 0 Å². The number of benzene rings is 2. The molecule has 1 aliphatic rings. The topological polar surface area (TPSA) is 19.0 Å². The maximum absolute atomic E-state index is 6.15. The molecule has 29 heavy (non-hydrogen) atoms. The Labute approximate surface area is 177 Å². The second-order valence-corrected chi connectivity index (χ2v) is 7.76. The minimum atomic E-state index is 0.432. The van der Waals surface area contributed by atoms with Gasteiger partial charge in [-0.1, -0.05) is 50.2 Å². The Morgan fingerprint density at radius 3 is 1.90 bits per heavy atom. The molecule has 0 spiro atoms. The number of likely N-dealkylation sites (tertiary alicyclic amines) is 1. The molecule has 158 valence electrons. The highest BCUT2D eigenvalue weighted by atomic mass is 16.5. The summed E-state index contributed by atoms with van der Waals surface area (Å²) in [6, 6.07) is 21.4. The maximum Gasteiger partial charge on any atom is 0.0600 e. The van der Waals surface area contributed by atoms with E-state index in [2.05, 4.69) is 89.2 Å². The normalized spacial score (nSPS) is 15.7. The van der Waals surface area contributed by atoms with E-state index in [1.807, 2.05) is 0 Å². The van der Waals surface area contributed by atoms with Crippen molar-refractivity contribution in [2.75, 3.05) is 57.3 Å². The van der Waals surface area contributed by atoms with E-state index < -0.39 is 0 Å². The smallest absolute Gasteiger partial charge is 0.0600 e. The van der Waals surface area contributed by atoms with Crippen molar-refractivity contribution in [1.29, 1.82) is 0 Å². The van der Waals surface area contributed by atoms with Gasteiger partial charge in [0.2, 0.25) is 0 Å². The third-order valence-electron chi connectivity index (χ3n) is 5.97. The van der Waals surface area contributed by atoms with Crippen LogP contribution in [0.4, 0.5) is 11.4 Å². The average Bonchev–Trinajstić information content (AvgIpc) is 2.79. The van der Waals surface area contributed by atoms with Crippen LogP contribution in [0, 0.1) is 0 Å². The molecule has 1 heterocycles. The summed E-state index contributed by atoms with van der Waals surface area (Å²) in [5.41, 5.74) is 2.52. The van der Waals surface area contributed by atoms with Gasteiger partial charge >= 0.3 is 0 Å². The Hall–Kier alpha value is -1.88. The van der Waals surface area contributed by atoms with Gasteiger partial charge in [-0.05, 0) is 50.2 Å². The minimum Gasteiger partial charge on any atom is -0.377 e. The Morgan fingerprint density at radius 1 is 0.828 bits per heavy atom. The molecular weight excluding hydrogens is 358 g/mol. The highest BCUT2D eigenvalue weighted by Crippen LogP contribution is 2.25. The van der Waals surface area contributed by atoms with E-state index in [0.29, 0.717) is 6.10 Å². The predicted molar refractivity (Wildman–Crippen MR) is 123 cm³/mol. The van der Waals surface area contributed by atoms with Crippen molar-refractivity contribution < 1.29 is 4.74 Å². The van der Waals surface area contributed by atoms with Crippen LogP contribution in [-0.4, -0.2) is 68.3 Å². The Balaban J connectivity index is 1.45. The van der Waals surface area contributed by atoms with Crippen LogP contribution < -0.4 is 4.90 Å². The summed E-state index contributed by atoms with van der Waals surface area (Å²) in [7, 11) is 0. The molecule has 2 aromatic carbocycles. The molecule has 0 unspecified atom stereocenters. The lowest BCUT2D eigenvalue weighted by molar-refractivity contribution is -0.000212. The molecule has 0 aliphatic carbocycles. The van der Waals surface area contributed by atoms with Gasteiger partial charge in [0.15, 0.2) is 0 Å². The molecule has 0 bridgehead atoms. The monoisotopic (exact) mass is 395 g/mol. The fourth-order valence-corrected chi connectivity index (χ4v) is 4.05. The van der Waals surface area contributed by atoms with Gasteiger partial charge in [0.05, 0.1) is 12.7 Å². The third-order valence-corrected chi connectivity index (χ3v) is 5.97. The van der Waals surface area contributed by atoms with E-state index in [0.717, 1.165) is 65.3 Å². The number of para-hydroxylation sites is 2. The number of piperidine rings is 1. The standard InChI is InChI=1S/C25H37N3O/c1-3-26(4-2)21-22-29-25-15-17-27(18-16-25)19-20-28(23-11-7-5-8-12-23)24-13-9-6-10-14-24/h5-14,25H,3-4,15-22H2,1-2H3. The number of likely N-dealkylation sites (N-methyl/N-ethyl adjacent to an activating group) is 1. The average molecular weight is 396 g/mol. The first-order chi connectivity index (χ1) is 14.3. The van der Waals surface area contributed by atoms with Crippen LogP contribution in [0.1, 0.15) is 26.7 Å². The summed E-state index contributed by atoms with van der Waals surface area (Å²) in [6.07, 6.45) is 2.73. The van der Waals surface area contributed by atoms with Gasteiger partial charge in [-0.15, -0.1) is 0 Å². The third kappa shape index (κ3) is 6.84. The number of ether oxygens (including phenoxy) is 1. The number of nitrogens with zero attached hydrogens (tertiary/aromatic N) is 3. The second-order valence-electron chi connectivity index (χ2n) is 7.76. The molecule has 4 heteroatoms. The fraction of sp³-hybridized carbons (Fsp3) is 0.520. The molecule has 0 aromatic heterocycles. The quantitative estimate of drug-likeness (QED) is 0.551. The first-order valence-electron chi connectivity index (χ1n) is 11.2. The van der Waals surface area contributed by atoms with Crippen molar-refractivity contribution in [3.05, 3.63) is 60.7 Å². The Morgan fingerprint density at radius 2 is 1.38 bits per heavy atom. The van der Waals surface area contributed by atoms with E-state index in [-0.39, 0.29) is 0 Å². The summed E-state index contributed by atoms with van der Waals surface area (Å²) in [4.78, 5) is 7.44. The molecule has 0 amide bonds. The zero-order valence-corrected chi connectivity index (χ0v) is 18.2. The fourth-order valence-electron chi connectivity index (χ4n) is 4.05. The predicted octanol–water partition coefficient (Wildman–Crippen LogP) is 4.65. The lowest BCUT2D eigenvalue weighted by Crippen LogP contribution is -2.41. The van der Waals surface area contributed by atoms with Crippen LogP contribution in [0.3, 0.4) is 0 Å². The zero-order valence-electron chi connectivity index (χ0n) is 18.2. The van der Waals surface area contributed by atoms with Gasteiger partial charge in [0, 0.05) is 44.1 Å². The van der Waals surface area contributed by atoms with Gasteiger partial charge in [-0.2, -0.15) is 0 Å². The molecule has 0 radical (unpaired) electrons. The van der Waals surface area contributed by atoms with E-state index in [4.69, 9.17) is 4.74 Å². The van der Waals surface area contributed by atoms with Gasteiger partial charge < -0.3 is 19.4 Å². The molecule has 1 saturated heterocycles. The minimum absolute atomic E-state index is 0.432. The van der Waals surface area contributed by atoms with Crippen LogP contribution in [-0.2, 0) is 4.74 Å². The number of hydrogen-bond acceptors (Lipinski definition) is 4. The van der Waals surface area contributed by atoms with Crippen molar-refractivity contribution in [1.82, 2.24) is 9.80 Å². The van der Waals surface area contributed by atoms with Crippen LogP contribution >= 0.6 is 0 Å². The molecule has 1 aliphatic heterocycles. The molecule has 1 fully saturated rings. The van der Waals surface area contributed by atoms with E-state index in [9.17, 15) is 0 Å². The highest BCUT2D eigenvalue weighted by molar-refractivity contribution is 5.62. The van der Waals surface area contributed by atoms with E-state index >= 15 is 0 Å². The zero-order chi connectivity index (χ0) is 20.3.